The summed E-state index contributed by atoms with van der Waals surface area (Å²) in [6.07, 6.45) is 0. The lowest BCUT2D eigenvalue weighted by Crippen LogP contribution is -2.23. The van der Waals surface area contributed by atoms with E-state index in [9.17, 15) is 9.18 Å². The maximum absolute atomic E-state index is 13.0. The van der Waals surface area contributed by atoms with Gasteiger partial charge in [0.05, 0.1) is 23.7 Å². The first-order valence-electron chi connectivity index (χ1n) is 6.10. The number of amides is 1. The van der Waals surface area contributed by atoms with Gasteiger partial charge in [-0.15, -0.1) is 11.3 Å². The summed E-state index contributed by atoms with van der Waals surface area (Å²) in [4.78, 5) is 13.0. The zero-order valence-corrected chi connectivity index (χ0v) is 12.5. The van der Waals surface area contributed by atoms with Gasteiger partial charge in [-0.2, -0.15) is 0 Å². The van der Waals surface area contributed by atoms with Crippen LogP contribution in [0.2, 0.25) is 5.02 Å². The number of halogens is 2. The van der Waals surface area contributed by atoms with Crippen LogP contribution in [0.5, 0.6) is 0 Å². The fourth-order valence-corrected chi connectivity index (χ4v) is 2.69. The molecule has 1 aromatic heterocycles. The molecule has 0 radical (unpaired) electrons. The van der Waals surface area contributed by atoms with Gasteiger partial charge in [0.25, 0.3) is 5.91 Å². The summed E-state index contributed by atoms with van der Waals surface area (Å²) in [7, 11) is 0. The Bertz CT molecular complexity index is 718. The Hall–Kier alpha value is -1.87. The topological polar surface area (TPSA) is 55.1 Å². The van der Waals surface area contributed by atoms with E-state index in [2.05, 4.69) is 17.2 Å². The molecule has 108 valence electrons. The predicted molar refractivity (Wildman–Crippen MR) is 82.8 cm³/mol. The lowest BCUT2D eigenvalue weighted by molar-refractivity contribution is 0.0951. The zero-order valence-electron chi connectivity index (χ0n) is 11.0. The first-order chi connectivity index (χ1) is 10.1. The summed E-state index contributed by atoms with van der Waals surface area (Å²) < 4.78 is 13.0. The SMILES string of the molecule is NCC#Cc1ccsc1CNC(=O)c1ccc(F)cc1Cl. The standard InChI is InChI=1S/C15H12ClFN2OS/c16-13-8-11(17)3-4-12(13)15(20)19-9-14-10(2-1-6-18)5-7-21-14/h3-5,7-8H,6,9,18H2,(H,19,20). The molecule has 0 aliphatic carbocycles. The molecule has 1 heterocycles. The summed E-state index contributed by atoms with van der Waals surface area (Å²) in [5, 5.41) is 4.72. The first-order valence-corrected chi connectivity index (χ1v) is 7.36. The van der Waals surface area contributed by atoms with Gasteiger partial charge in [0.2, 0.25) is 0 Å². The molecule has 0 unspecified atom stereocenters. The number of rotatable bonds is 3. The molecule has 0 bridgehead atoms. The molecule has 6 heteroatoms. The number of carbonyl (C=O) groups excluding carboxylic acids is 1. The van der Waals surface area contributed by atoms with Gasteiger partial charge in [0.1, 0.15) is 5.82 Å². The van der Waals surface area contributed by atoms with Gasteiger partial charge in [-0.1, -0.05) is 23.4 Å². The van der Waals surface area contributed by atoms with Crippen LogP contribution < -0.4 is 11.1 Å². The van der Waals surface area contributed by atoms with Crippen LogP contribution in [0.25, 0.3) is 0 Å². The Morgan fingerprint density at radius 1 is 1.43 bits per heavy atom. The van der Waals surface area contributed by atoms with Crippen LogP contribution in [0.3, 0.4) is 0 Å². The first kappa shape index (κ1) is 15.5. The normalized spacial score (nSPS) is 9.86. The van der Waals surface area contributed by atoms with Gasteiger partial charge in [-0.3, -0.25) is 4.79 Å². The van der Waals surface area contributed by atoms with Crippen molar-refractivity contribution < 1.29 is 9.18 Å². The van der Waals surface area contributed by atoms with Crippen LogP contribution >= 0.6 is 22.9 Å². The Labute approximate surface area is 130 Å². The zero-order chi connectivity index (χ0) is 15.2. The second kappa shape index (κ2) is 7.23. The lowest BCUT2D eigenvalue weighted by Gasteiger charge is -2.06. The van der Waals surface area contributed by atoms with Crippen molar-refractivity contribution in [1.82, 2.24) is 5.32 Å². The lowest BCUT2D eigenvalue weighted by atomic mass is 10.2. The van der Waals surface area contributed by atoms with E-state index in [0.717, 1.165) is 16.5 Å². The fraction of sp³-hybridized carbons (Fsp3) is 0.133. The summed E-state index contributed by atoms with van der Waals surface area (Å²) in [5.74, 6) is 4.89. The number of thiophene rings is 1. The van der Waals surface area contributed by atoms with Gasteiger partial charge < -0.3 is 11.1 Å². The van der Waals surface area contributed by atoms with Crippen molar-refractivity contribution in [3.63, 3.8) is 0 Å². The van der Waals surface area contributed by atoms with Crippen LogP contribution in [0.1, 0.15) is 20.8 Å². The number of hydrogen-bond donors (Lipinski definition) is 2. The van der Waals surface area contributed by atoms with E-state index in [-0.39, 0.29) is 23.0 Å². The van der Waals surface area contributed by atoms with Gasteiger partial charge in [0, 0.05) is 10.4 Å². The molecule has 0 aliphatic rings. The maximum Gasteiger partial charge on any atom is 0.253 e. The second-order valence-electron chi connectivity index (χ2n) is 4.07. The molecule has 0 spiro atoms. The molecule has 0 atom stereocenters. The maximum atomic E-state index is 13.0. The van der Waals surface area contributed by atoms with Crippen molar-refractivity contribution in [1.29, 1.82) is 0 Å². The van der Waals surface area contributed by atoms with E-state index in [0.29, 0.717) is 6.54 Å². The number of nitrogens with one attached hydrogen (secondary N) is 1. The van der Waals surface area contributed by atoms with E-state index in [1.165, 1.54) is 23.5 Å². The highest BCUT2D eigenvalue weighted by atomic mass is 35.5. The predicted octanol–water partition coefficient (Wildman–Crippen LogP) is 2.78. The smallest absolute Gasteiger partial charge is 0.253 e. The largest absolute Gasteiger partial charge is 0.347 e. The highest BCUT2D eigenvalue weighted by Crippen LogP contribution is 2.18. The van der Waals surface area contributed by atoms with Crippen molar-refractivity contribution in [2.45, 2.75) is 6.54 Å². The molecule has 3 N–H and O–H groups in total. The highest BCUT2D eigenvalue weighted by molar-refractivity contribution is 7.10. The van der Waals surface area contributed by atoms with Crippen molar-refractivity contribution in [3.05, 3.63) is 56.5 Å². The van der Waals surface area contributed by atoms with Gasteiger partial charge in [0.15, 0.2) is 0 Å². The van der Waals surface area contributed by atoms with E-state index in [1.807, 2.05) is 11.4 Å². The van der Waals surface area contributed by atoms with E-state index >= 15 is 0 Å². The molecule has 3 nitrogen and oxygen atoms in total. The van der Waals surface area contributed by atoms with Gasteiger partial charge in [-0.25, -0.2) is 4.39 Å². The molecule has 0 saturated carbocycles. The quantitative estimate of drug-likeness (QED) is 0.854. The molecule has 1 amide bonds. The Morgan fingerprint density at radius 2 is 2.24 bits per heavy atom. The third-order valence-electron chi connectivity index (χ3n) is 2.66. The molecular formula is C15H12ClFN2OS. The molecule has 2 aromatic rings. The highest BCUT2D eigenvalue weighted by Gasteiger charge is 2.11. The molecular weight excluding hydrogens is 311 g/mol. The summed E-state index contributed by atoms with van der Waals surface area (Å²) >= 11 is 7.34. The fourth-order valence-electron chi connectivity index (χ4n) is 1.66. The molecule has 0 fully saturated rings. The number of benzene rings is 1. The summed E-state index contributed by atoms with van der Waals surface area (Å²) in [5.41, 5.74) is 6.42. The Balaban J connectivity index is 2.06. The molecule has 0 saturated heterocycles. The third-order valence-corrected chi connectivity index (χ3v) is 3.89. The molecule has 21 heavy (non-hydrogen) atoms. The average molecular weight is 323 g/mol. The number of hydrogen-bond acceptors (Lipinski definition) is 3. The van der Waals surface area contributed by atoms with Crippen LogP contribution in [-0.4, -0.2) is 12.5 Å². The average Bonchev–Trinajstić information content (AvgIpc) is 2.90. The van der Waals surface area contributed by atoms with Crippen molar-refractivity contribution in [2.75, 3.05) is 6.54 Å². The van der Waals surface area contributed by atoms with Crippen LogP contribution in [0.4, 0.5) is 4.39 Å². The Kier molecular flexibility index (Phi) is 5.34. The van der Waals surface area contributed by atoms with Crippen LogP contribution in [0, 0.1) is 17.7 Å². The van der Waals surface area contributed by atoms with Crippen LogP contribution in [-0.2, 0) is 6.54 Å². The Morgan fingerprint density at radius 3 is 2.95 bits per heavy atom. The molecule has 2 rings (SSSR count). The molecule has 1 aromatic carbocycles. The van der Waals surface area contributed by atoms with Gasteiger partial charge >= 0.3 is 0 Å². The monoisotopic (exact) mass is 322 g/mol. The van der Waals surface area contributed by atoms with Crippen molar-refractivity contribution >= 4 is 28.8 Å². The van der Waals surface area contributed by atoms with Crippen molar-refractivity contribution in [2.24, 2.45) is 5.73 Å². The molecule has 0 aliphatic heterocycles. The number of carbonyl (C=O) groups is 1. The second-order valence-corrected chi connectivity index (χ2v) is 5.48. The minimum absolute atomic E-state index is 0.0850. The summed E-state index contributed by atoms with van der Waals surface area (Å²) in [6, 6.07) is 5.54. The van der Waals surface area contributed by atoms with E-state index < -0.39 is 5.82 Å². The van der Waals surface area contributed by atoms with E-state index in [4.69, 9.17) is 17.3 Å². The summed E-state index contributed by atoms with van der Waals surface area (Å²) in [6.45, 7) is 0.617. The third kappa shape index (κ3) is 4.05. The van der Waals surface area contributed by atoms with E-state index in [1.54, 1.807) is 0 Å². The van der Waals surface area contributed by atoms with Crippen molar-refractivity contribution in [3.8, 4) is 11.8 Å². The van der Waals surface area contributed by atoms with Crippen LogP contribution in [0.15, 0.2) is 29.6 Å². The number of nitrogens with two attached hydrogens (primary N) is 1. The minimum atomic E-state index is -0.478. The minimum Gasteiger partial charge on any atom is -0.347 e. The van der Waals surface area contributed by atoms with Gasteiger partial charge in [-0.05, 0) is 29.6 Å².